The molecule has 0 saturated carbocycles. The van der Waals surface area contributed by atoms with Gasteiger partial charge in [0, 0.05) is 11.6 Å². The normalized spacial score (nSPS) is 12.5. The fourth-order valence-electron chi connectivity index (χ4n) is 2.16. The molecule has 1 atom stereocenters. The van der Waals surface area contributed by atoms with E-state index in [0.717, 1.165) is 5.75 Å². The first kappa shape index (κ1) is 14.0. The molecule has 0 aromatic heterocycles. The highest BCUT2D eigenvalue weighted by Crippen LogP contribution is 2.29. The van der Waals surface area contributed by atoms with Gasteiger partial charge in [-0.3, -0.25) is 0 Å². The average molecular weight is 235 g/mol. The second kappa shape index (κ2) is 7.33. The highest BCUT2D eigenvalue weighted by Gasteiger charge is 2.13. The smallest absolute Gasteiger partial charge is 0.123 e. The summed E-state index contributed by atoms with van der Waals surface area (Å²) in [5.41, 5.74) is 2.52. The first-order chi connectivity index (χ1) is 8.22. The zero-order valence-electron chi connectivity index (χ0n) is 11.5. The van der Waals surface area contributed by atoms with Crippen LogP contribution in [0.4, 0.5) is 0 Å². The van der Waals surface area contributed by atoms with E-state index in [1.165, 1.54) is 36.8 Å². The Hall–Kier alpha value is -1.02. The molecule has 2 heteroatoms. The van der Waals surface area contributed by atoms with Crippen molar-refractivity contribution in [2.24, 2.45) is 0 Å². The van der Waals surface area contributed by atoms with Crippen LogP contribution in [0, 0.1) is 6.92 Å². The molecule has 1 unspecified atom stereocenters. The molecule has 1 rings (SSSR count). The lowest BCUT2D eigenvalue weighted by Crippen LogP contribution is -2.17. The molecule has 0 fully saturated rings. The Bertz CT molecular complexity index is 336. The molecule has 0 bridgehead atoms. The zero-order chi connectivity index (χ0) is 12.7. The minimum Gasteiger partial charge on any atom is -0.496 e. The molecule has 1 aromatic rings. The lowest BCUT2D eigenvalue weighted by Gasteiger charge is -2.19. The van der Waals surface area contributed by atoms with Crippen molar-refractivity contribution in [2.75, 3.05) is 14.2 Å². The van der Waals surface area contributed by atoms with Crippen LogP contribution in [0.1, 0.15) is 49.8 Å². The van der Waals surface area contributed by atoms with Gasteiger partial charge in [-0.25, -0.2) is 0 Å². The first-order valence-electron chi connectivity index (χ1n) is 6.54. The zero-order valence-corrected chi connectivity index (χ0v) is 11.5. The molecule has 0 spiro atoms. The summed E-state index contributed by atoms with van der Waals surface area (Å²) in [4.78, 5) is 0. The molecular formula is C15H25NO. The Morgan fingerprint density at radius 2 is 2.06 bits per heavy atom. The number of benzene rings is 1. The number of unbranched alkanes of at least 4 members (excludes halogenated alkanes) is 2. The third kappa shape index (κ3) is 4.04. The molecule has 0 aliphatic heterocycles. The molecule has 0 amide bonds. The van der Waals surface area contributed by atoms with Crippen LogP contribution in [0.25, 0.3) is 0 Å². The van der Waals surface area contributed by atoms with E-state index in [1.807, 2.05) is 7.05 Å². The second-order valence-corrected chi connectivity index (χ2v) is 4.58. The topological polar surface area (TPSA) is 21.3 Å². The van der Waals surface area contributed by atoms with Crippen molar-refractivity contribution >= 4 is 0 Å². The van der Waals surface area contributed by atoms with E-state index < -0.39 is 0 Å². The van der Waals surface area contributed by atoms with Gasteiger partial charge in [-0.1, -0.05) is 38.3 Å². The maximum atomic E-state index is 5.48. The monoisotopic (exact) mass is 235 g/mol. The van der Waals surface area contributed by atoms with Crippen LogP contribution in [0.3, 0.4) is 0 Å². The summed E-state index contributed by atoms with van der Waals surface area (Å²) in [5, 5.41) is 3.39. The minimum absolute atomic E-state index is 0.400. The van der Waals surface area contributed by atoms with Crippen molar-refractivity contribution in [2.45, 2.75) is 45.6 Å². The fraction of sp³-hybridized carbons (Fsp3) is 0.600. The van der Waals surface area contributed by atoms with E-state index in [-0.39, 0.29) is 0 Å². The Morgan fingerprint density at radius 3 is 2.65 bits per heavy atom. The van der Waals surface area contributed by atoms with Crippen molar-refractivity contribution in [1.82, 2.24) is 5.32 Å². The molecule has 1 N–H and O–H groups in total. The molecule has 1 aromatic carbocycles. The Balaban J connectivity index is 2.79. The van der Waals surface area contributed by atoms with Gasteiger partial charge in [0.15, 0.2) is 0 Å². The number of ether oxygens (including phenoxy) is 1. The molecular weight excluding hydrogens is 210 g/mol. The number of methoxy groups -OCH3 is 1. The maximum absolute atomic E-state index is 5.48. The van der Waals surface area contributed by atoms with E-state index in [2.05, 4.69) is 37.4 Å². The summed E-state index contributed by atoms with van der Waals surface area (Å²) < 4.78 is 5.48. The summed E-state index contributed by atoms with van der Waals surface area (Å²) in [7, 11) is 3.77. The molecule has 0 aliphatic carbocycles. The van der Waals surface area contributed by atoms with Gasteiger partial charge < -0.3 is 10.1 Å². The largest absolute Gasteiger partial charge is 0.496 e. The van der Waals surface area contributed by atoms with Gasteiger partial charge in [0.25, 0.3) is 0 Å². The molecule has 17 heavy (non-hydrogen) atoms. The third-order valence-electron chi connectivity index (χ3n) is 3.21. The predicted octanol–water partition coefficient (Wildman–Crippen LogP) is 3.84. The lowest BCUT2D eigenvalue weighted by molar-refractivity contribution is 0.396. The predicted molar refractivity (Wildman–Crippen MR) is 73.7 cm³/mol. The lowest BCUT2D eigenvalue weighted by atomic mass is 9.98. The van der Waals surface area contributed by atoms with Crippen LogP contribution in [0.15, 0.2) is 18.2 Å². The number of rotatable bonds is 7. The van der Waals surface area contributed by atoms with Crippen molar-refractivity contribution in [3.63, 3.8) is 0 Å². The fourth-order valence-corrected chi connectivity index (χ4v) is 2.16. The van der Waals surface area contributed by atoms with Crippen molar-refractivity contribution in [1.29, 1.82) is 0 Å². The van der Waals surface area contributed by atoms with Crippen LogP contribution in [-0.4, -0.2) is 14.2 Å². The molecule has 96 valence electrons. The van der Waals surface area contributed by atoms with Gasteiger partial charge in [-0.2, -0.15) is 0 Å². The first-order valence-corrected chi connectivity index (χ1v) is 6.54. The van der Waals surface area contributed by atoms with E-state index in [9.17, 15) is 0 Å². The van der Waals surface area contributed by atoms with Crippen LogP contribution in [0.2, 0.25) is 0 Å². The summed E-state index contributed by atoms with van der Waals surface area (Å²) in [6, 6.07) is 6.85. The van der Waals surface area contributed by atoms with Crippen molar-refractivity contribution < 1.29 is 4.74 Å². The highest BCUT2D eigenvalue weighted by atomic mass is 16.5. The van der Waals surface area contributed by atoms with Gasteiger partial charge in [0.1, 0.15) is 5.75 Å². The molecule has 2 nitrogen and oxygen atoms in total. The number of hydrogen-bond acceptors (Lipinski definition) is 2. The quantitative estimate of drug-likeness (QED) is 0.725. The summed E-state index contributed by atoms with van der Waals surface area (Å²) in [6.07, 6.45) is 5.00. The second-order valence-electron chi connectivity index (χ2n) is 4.58. The van der Waals surface area contributed by atoms with E-state index >= 15 is 0 Å². The van der Waals surface area contributed by atoms with E-state index in [4.69, 9.17) is 4.74 Å². The van der Waals surface area contributed by atoms with Gasteiger partial charge in [0.05, 0.1) is 7.11 Å². The molecule has 0 saturated heterocycles. The van der Waals surface area contributed by atoms with Crippen molar-refractivity contribution in [3.05, 3.63) is 29.3 Å². The SMILES string of the molecule is CCCCCC(NC)c1ccc(C)cc1OC. The number of hydrogen-bond donors (Lipinski definition) is 1. The van der Waals surface area contributed by atoms with Crippen LogP contribution in [-0.2, 0) is 0 Å². The summed E-state index contributed by atoms with van der Waals surface area (Å²) >= 11 is 0. The van der Waals surface area contributed by atoms with Crippen LogP contribution in [0.5, 0.6) is 5.75 Å². The number of nitrogens with one attached hydrogen (secondary N) is 1. The standard InChI is InChI=1S/C15H25NO/c1-5-6-7-8-14(16-3)13-10-9-12(2)11-15(13)17-4/h9-11,14,16H,5-8H2,1-4H3. The summed E-state index contributed by atoms with van der Waals surface area (Å²) in [5.74, 6) is 1.00. The average Bonchev–Trinajstić information content (AvgIpc) is 2.35. The van der Waals surface area contributed by atoms with E-state index in [0.29, 0.717) is 6.04 Å². The molecule has 0 radical (unpaired) electrons. The molecule has 0 heterocycles. The number of aryl methyl sites for hydroxylation is 1. The Labute approximate surface area is 105 Å². The van der Waals surface area contributed by atoms with Crippen molar-refractivity contribution in [3.8, 4) is 5.75 Å². The third-order valence-corrected chi connectivity index (χ3v) is 3.21. The Morgan fingerprint density at radius 1 is 1.29 bits per heavy atom. The maximum Gasteiger partial charge on any atom is 0.123 e. The van der Waals surface area contributed by atoms with Gasteiger partial charge in [-0.05, 0) is 32.0 Å². The van der Waals surface area contributed by atoms with Gasteiger partial charge in [-0.15, -0.1) is 0 Å². The van der Waals surface area contributed by atoms with Crippen LogP contribution >= 0.6 is 0 Å². The molecule has 0 aliphatic rings. The van der Waals surface area contributed by atoms with Gasteiger partial charge in [0.2, 0.25) is 0 Å². The van der Waals surface area contributed by atoms with Crippen LogP contribution < -0.4 is 10.1 Å². The van der Waals surface area contributed by atoms with E-state index in [1.54, 1.807) is 7.11 Å². The Kier molecular flexibility index (Phi) is 6.06. The summed E-state index contributed by atoms with van der Waals surface area (Å²) in [6.45, 7) is 4.33. The highest BCUT2D eigenvalue weighted by molar-refractivity contribution is 5.39. The minimum atomic E-state index is 0.400. The van der Waals surface area contributed by atoms with Gasteiger partial charge >= 0.3 is 0 Å².